The second-order valence-electron chi connectivity index (χ2n) is 4.04. The third kappa shape index (κ3) is 4.65. The van der Waals surface area contributed by atoms with Crippen molar-refractivity contribution in [2.75, 3.05) is 13.7 Å². The van der Waals surface area contributed by atoms with E-state index in [1.54, 1.807) is 20.8 Å². The molecule has 0 bridgehead atoms. The molecule has 22 heavy (non-hydrogen) atoms. The minimum atomic E-state index is -1.01. The number of carbonyl (C=O) groups is 2. The van der Waals surface area contributed by atoms with E-state index in [0.29, 0.717) is 18.0 Å². The molecule has 0 unspecified atom stereocenters. The van der Waals surface area contributed by atoms with Crippen molar-refractivity contribution in [3.05, 3.63) is 23.9 Å². The summed E-state index contributed by atoms with van der Waals surface area (Å²) in [5.41, 5.74) is 0.916. The van der Waals surface area contributed by atoms with Crippen molar-refractivity contribution < 1.29 is 24.0 Å². The second-order valence-corrected chi connectivity index (χ2v) is 4.04. The number of hydrogen-bond donors (Lipinski definition) is 0. The Balaban J connectivity index is 2.95. The Bertz CT molecular complexity index is 610. The van der Waals surface area contributed by atoms with Gasteiger partial charge in [-0.05, 0) is 32.9 Å². The summed E-state index contributed by atoms with van der Waals surface area (Å²) in [7, 11) is 1.12. The van der Waals surface area contributed by atoms with E-state index in [1.165, 1.54) is 18.3 Å². The van der Waals surface area contributed by atoms with E-state index in [2.05, 4.69) is 20.0 Å². The number of rotatable bonds is 7. The molecule has 118 valence electrons. The molecule has 1 rings (SSSR count). The Morgan fingerprint density at radius 2 is 1.91 bits per heavy atom. The van der Waals surface area contributed by atoms with Crippen molar-refractivity contribution in [2.24, 2.45) is 10.3 Å². The number of aromatic nitrogens is 1. The van der Waals surface area contributed by atoms with Gasteiger partial charge in [-0.15, -0.1) is 0 Å². The van der Waals surface area contributed by atoms with Gasteiger partial charge in [0.1, 0.15) is 18.0 Å². The Morgan fingerprint density at radius 1 is 1.23 bits per heavy atom. The van der Waals surface area contributed by atoms with Gasteiger partial charge in [-0.2, -0.15) is 0 Å². The van der Waals surface area contributed by atoms with Gasteiger partial charge in [0.25, 0.3) is 11.7 Å². The highest BCUT2D eigenvalue weighted by atomic mass is 16.6. The van der Waals surface area contributed by atoms with Crippen molar-refractivity contribution in [2.45, 2.75) is 20.8 Å². The predicted molar refractivity (Wildman–Crippen MR) is 79.1 cm³/mol. The van der Waals surface area contributed by atoms with Crippen molar-refractivity contribution in [1.29, 1.82) is 0 Å². The van der Waals surface area contributed by atoms with Gasteiger partial charge in [0.15, 0.2) is 0 Å². The van der Waals surface area contributed by atoms with Crippen LogP contribution in [-0.4, -0.2) is 41.9 Å². The molecule has 0 amide bonds. The summed E-state index contributed by atoms with van der Waals surface area (Å²) in [6.07, 6.45) is 1.41. The van der Waals surface area contributed by atoms with Gasteiger partial charge < -0.3 is 14.4 Å². The number of nitrogens with zero attached hydrogens (tertiary/aromatic N) is 3. The standard InChI is InChI=1S/C14H17N3O5/c1-5-21-16-9(2)10(3)17-22-13-11(7-6-8-15-13)12(18)14(19)20-4/h6-8H,5H2,1-4H3/b16-9+,17-10+. The average molecular weight is 307 g/mol. The molecule has 0 radical (unpaired) electrons. The van der Waals surface area contributed by atoms with Crippen LogP contribution in [0.4, 0.5) is 0 Å². The first kappa shape index (κ1) is 17.3. The van der Waals surface area contributed by atoms with E-state index in [9.17, 15) is 9.59 Å². The molecule has 0 atom stereocenters. The molecular weight excluding hydrogens is 290 g/mol. The quantitative estimate of drug-likeness (QED) is 0.249. The smallest absolute Gasteiger partial charge is 0.379 e. The van der Waals surface area contributed by atoms with Crippen LogP contribution in [0.5, 0.6) is 5.88 Å². The minimum Gasteiger partial charge on any atom is -0.463 e. The van der Waals surface area contributed by atoms with E-state index in [-0.39, 0.29) is 11.4 Å². The summed E-state index contributed by atoms with van der Waals surface area (Å²) >= 11 is 0. The van der Waals surface area contributed by atoms with E-state index < -0.39 is 11.8 Å². The Kier molecular flexibility index (Phi) is 6.68. The monoisotopic (exact) mass is 307 g/mol. The molecule has 1 heterocycles. The van der Waals surface area contributed by atoms with Crippen LogP contribution in [0.15, 0.2) is 28.6 Å². The zero-order valence-electron chi connectivity index (χ0n) is 12.8. The molecule has 0 saturated carbocycles. The topological polar surface area (TPSA) is 99.4 Å². The molecule has 0 aliphatic rings. The summed E-state index contributed by atoms with van der Waals surface area (Å²) < 4.78 is 4.39. The molecule has 0 saturated heterocycles. The first-order chi connectivity index (χ1) is 10.5. The maximum atomic E-state index is 11.8. The van der Waals surface area contributed by atoms with Gasteiger partial charge in [0.2, 0.25) is 0 Å². The van der Waals surface area contributed by atoms with Gasteiger partial charge in [-0.3, -0.25) is 4.79 Å². The summed E-state index contributed by atoms with van der Waals surface area (Å²) in [4.78, 5) is 37.0. The lowest BCUT2D eigenvalue weighted by Gasteiger charge is -2.05. The molecule has 1 aromatic rings. The second kappa shape index (κ2) is 8.50. The highest BCUT2D eigenvalue weighted by Crippen LogP contribution is 2.16. The first-order valence-electron chi connectivity index (χ1n) is 6.47. The number of ether oxygens (including phenoxy) is 1. The lowest BCUT2D eigenvalue weighted by atomic mass is 10.2. The normalized spacial score (nSPS) is 11.8. The lowest BCUT2D eigenvalue weighted by molar-refractivity contribution is -0.135. The number of oxime groups is 2. The van der Waals surface area contributed by atoms with E-state index >= 15 is 0 Å². The van der Waals surface area contributed by atoms with Crippen LogP contribution < -0.4 is 4.84 Å². The van der Waals surface area contributed by atoms with Gasteiger partial charge in [0.05, 0.1) is 12.7 Å². The lowest BCUT2D eigenvalue weighted by Crippen LogP contribution is -2.17. The van der Waals surface area contributed by atoms with Crippen molar-refractivity contribution in [3.63, 3.8) is 0 Å². The molecular formula is C14H17N3O5. The Morgan fingerprint density at radius 3 is 2.55 bits per heavy atom. The molecule has 0 aromatic carbocycles. The third-order valence-corrected chi connectivity index (χ3v) is 2.51. The number of esters is 1. The number of hydrogen-bond acceptors (Lipinski definition) is 8. The highest BCUT2D eigenvalue weighted by molar-refractivity contribution is 6.41. The Hall–Kier alpha value is -2.77. The molecule has 0 spiro atoms. The largest absolute Gasteiger partial charge is 0.463 e. The van der Waals surface area contributed by atoms with Crippen LogP contribution >= 0.6 is 0 Å². The summed E-state index contributed by atoms with van der Waals surface area (Å²) in [6, 6.07) is 2.90. The molecule has 0 fully saturated rings. The number of ketones is 1. The average Bonchev–Trinajstić information content (AvgIpc) is 2.56. The summed E-state index contributed by atoms with van der Waals surface area (Å²) in [5, 5.41) is 7.61. The van der Waals surface area contributed by atoms with Crippen molar-refractivity contribution in [1.82, 2.24) is 4.98 Å². The number of pyridine rings is 1. The number of carbonyl (C=O) groups excluding carboxylic acids is 2. The molecule has 1 aromatic heterocycles. The van der Waals surface area contributed by atoms with Crippen molar-refractivity contribution >= 4 is 23.2 Å². The van der Waals surface area contributed by atoms with Crippen LogP contribution in [0.25, 0.3) is 0 Å². The maximum absolute atomic E-state index is 11.8. The zero-order chi connectivity index (χ0) is 16.5. The van der Waals surface area contributed by atoms with E-state index in [1.807, 2.05) is 0 Å². The fourth-order valence-electron chi connectivity index (χ4n) is 1.24. The molecule has 0 aliphatic heterocycles. The van der Waals surface area contributed by atoms with Crippen LogP contribution in [0.1, 0.15) is 31.1 Å². The first-order valence-corrected chi connectivity index (χ1v) is 6.47. The Labute approximate surface area is 127 Å². The maximum Gasteiger partial charge on any atom is 0.379 e. The predicted octanol–water partition coefficient (Wildman–Crippen LogP) is 1.60. The van der Waals surface area contributed by atoms with E-state index in [4.69, 9.17) is 9.68 Å². The molecule has 8 heteroatoms. The number of methoxy groups -OCH3 is 1. The van der Waals surface area contributed by atoms with Gasteiger partial charge in [-0.1, -0.05) is 10.3 Å². The fourth-order valence-corrected chi connectivity index (χ4v) is 1.24. The van der Waals surface area contributed by atoms with Crippen LogP contribution in [0.2, 0.25) is 0 Å². The van der Waals surface area contributed by atoms with Crippen LogP contribution in [0, 0.1) is 0 Å². The minimum absolute atomic E-state index is 0.0368. The summed E-state index contributed by atoms with van der Waals surface area (Å²) in [5.74, 6) is -1.97. The zero-order valence-corrected chi connectivity index (χ0v) is 12.8. The third-order valence-electron chi connectivity index (χ3n) is 2.51. The van der Waals surface area contributed by atoms with Gasteiger partial charge in [0, 0.05) is 6.20 Å². The van der Waals surface area contributed by atoms with Gasteiger partial charge in [-0.25, -0.2) is 9.78 Å². The van der Waals surface area contributed by atoms with Crippen molar-refractivity contribution in [3.8, 4) is 5.88 Å². The highest BCUT2D eigenvalue weighted by Gasteiger charge is 2.22. The molecule has 8 nitrogen and oxygen atoms in total. The van der Waals surface area contributed by atoms with E-state index in [0.717, 1.165) is 7.11 Å². The van der Waals surface area contributed by atoms with Crippen LogP contribution in [-0.2, 0) is 14.4 Å². The SMILES string of the molecule is CCO/N=C(C)/C(C)=N/Oc1ncccc1C(=O)C(=O)OC. The van der Waals surface area contributed by atoms with Gasteiger partial charge >= 0.3 is 5.97 Å². The fraction of sp³-hybridized carbons (Fsp3) is 0.357. The molecule has 0 aliphatic carbocycles. The van der Waals surface area contributed by atoms with Crippen LogP contribution in [0.3, 0.4) is 0 Å². The summed E-state index contributed by atoms with van der Waals surface area (Å²) in [6.45, 7) is 5.58. The molecule has 0 N–H and O–H groups in total. The number of Topliss-reactive ketones (excluding diaryl/α,β-unsaturated/α-hetero) is 1.